The Balaban J connectivity index is 2.22. The van der Waals surface area contributed by atoms with Crippen LogP contribution in [0.15, 0.2) is 24.3 Å². The van der Waals surface area contributed by atoms with Crippen LogP contribution in [0.25, 0.3) is 0 Å². The van der Waals surface area contributed by atoms with E-state index in [1.165, 1.54) is 31.2 Å². The molecule has 0 fully saturated rings. The maximum Gasteiger partial charge on any atom is 0.340 e. The number of amides is 1. The molecule has 0 radical (unpaired) electrons. The number of carbonyl (C=O) groups is 2. The smallest absolute Gasteiger partial charge is 0.340 e. The average Bonchev–Trinajstić information content (AvgIpc) is 2.79. The number of carbonyl (C=O) groups excluding carboxylic acids is 1. The van der Waals surface area contributed by atoms with Gasteiger partial charge in [-0.2, -0.15) is 4.37 Å². The third-order valence-corrected chi connectivity index (χ3v) is 3.50. The number of benzene rings is 1. The molecule has 0 saturated heterocycles. The van der Waals surface area contributed by atoms with Gasteiger partial charge in [0, 0.05) is 17.7 Å². The van der Waals surface area contributed by atoms with E-state index in [2.05, 4.69) is 9.69 Å². The minimum atomic E-state index is -1.18. The molecule has 0 bridgehead atoms. The molecule has 8 nitrogen and oxygen atoms in total. The van der Waals surface area contributed by atoms with E-state index >= 15 is 0 Å². The van der Waals surface area contributed by atoms with E-state index in [0.717, 1.165) is 11.5 Å². The monoisotopic (exact) mass is 307 g/mol. The van der Waals surface area contributed by atoms with E-state index in [1.54, 1.807) is 0 Å². The minimum absolute atomic E-state index is 0.0599. The molecule has 0 aliphatic rings. The Morgan fingerprint density at radius 1 is 1.33 bits per heavy atom. The third kappa shape index (κ3) is 3.03. The molecular formula is C12H9N3O5S. The largest absolute Gasteiger partial charge is 0.478 e. The number of nitrogens with one attached hydrogen (secondary N) is 1. The fourth-order valence-electron chi connectivity index (χ4n) is 1.62. The fourth-order valence-corrected chi connectivity index (χ4v) is 2.40. The molecule has 1 aromatic carbocycles. The molecule has 2 rings (SSSR count). The van der Waals surface area contributed by atoms with E-state index in [-0.39, 0.29) is 21.8 Å². The number of aromatic carboxylic acids is 1. The lowest BCUT2D eigenvalue weighted by molar-refractivity contribution is -0.384. The van der Waals surface area contributed by atoms with Crippen LogP contribution in [0.1, 0.15) is 26.4 Å². The second-order valence-electron chi connectivity index (χ2n) is 4.04. The van der Waals surface area contributed by atoms with Crippen molar-refractivity contribution in [2.75, 3.05) is 5.32 Å². The zero-order valence-corrected chi connectivity index (χ0v) is 11.5. The van der Waals surface area contributed by atoms with Gasteiger partial charge < -0.3 is 10.4 Å². The summed E-state index contributed by atoms with van der Waals surface area (Å²) < 4.78 is 3.88. The molecule has 21 heavy (non-hydrogen) atoms. The number of nitro benzene ring substituents is 1. The summed E-state index contributed by atoms with van der Waals surface area (Å²) in [7, 11) is 0. The summed E-state index contributed by atoms with van der Waals surface area (Å²) in [5, 5.41) is 22.2. The van der Waals surface area contributed by atoms with Crippen LogP contribution in [-0.2, 0) is 0 Å². The molecule has 0 aliphatic heterocycles. The lowest BCUT2D eigenvalue weighted by Gasteiger charge is -2.03. The molecule has 2 aromatic rings. The van der Waals surface area contributed by atoms with Crippen molar-refractivity contribution in [2.45, 2.75) is 6.92 Å². The first-order chi connectivity index (χ1) is 9.90. The molecular weight excluding hydrogens is 298 g/mol. The van der Waals surface area contributed by atoms with E-state index in [9.17, 15) is 19.7 Å². The second kappa shape index (κ2) is 5.67. The van der Waals surface area contributed by atoms with E-state index in [0.29, 0.717) is 5.69 Å². The quantitative estimate of drug-likeness (QED) is 0.660. The Bertz CT molecular complexity index is 723. The van der Waals surface area contributed by atoms with Crippen LogP contribution < -0.4 is 5.32 Å². The van der Waals surface area contributed by atoms with Crippen LogP contribution in [0, 0.1) is 17.0 Å². The highest BCUT2D eigenvalue weighted by Gasteiger charge is 2.20. The molecule has 0 atom stereocenters. The van der Waals surface area contributed by atoms with Gasteiger partial charge in [-0.05, 0) is 30.6 Å². The van der Waals surface area contributed by atoms with E-state index < -0.39 is 16.8 Å². The molecule has 0 saturated carbocycles. The molecule has 1 amide bonds. The average molecular weight is 307 g/mol. The maximum absolute atomic E-state index is 12.0. The Kier molecular flexibility index (Phi) is 3.94. The fraction of sp³-hybridized carbons (Fsp3) is 0.0833. The molecule has 0 spiro atoms. The number of carboxylic acids is 1. The molecule has 2 N–H and O–H groups in total. The first-order valence-corrected chi connectivity index (χ1v) is 6.43. The molecule has 0 aliphatic carbocycles. The van der Waals surface area contributed by atoms with Crippen molar-refractivity contribution in [1.82, 2.24) is 4.37 Å². The molecule has 1 heterocycles. The highest BCUT2D eigenvalue weighted by molar-refractivity contribution is 7.11. The molecule has 1 aromatic heterocycles. The number of hydrogen-bond donors (Lipinski definition) is 2. The predicted molar refractivity (Wildman–Crippen MR) is 74.9 cm³/mol. The van der Waals surface area contributed by atoms with Gasteiger partial charge in [0.05, 0.1) is 10.6 Å². The summed E-state index contributed by atoms with van der Waals surface area (Å²) in [6.07, 6.45) is 0. The van der Waals surface area contributed by atoms with Crippen LogP contribution >= 0.6 is 11.5 Å². The highest BCUT2D eigenvalue weighted by atomic mass is 32.1. The van der Waals surface area contributed by atoms with E-state index in [4.69, 9.17) is 5.11 Å². The molecule has 0 unspecified atom stereocenters. The number of carboxylic acid groups (broad SMARTS) is 1. The van der Waals surface area contributed by atoms with Gasteiger partial charge in [-0.3, -0.25) is 14.9 Å². The zero-order valence-electron chi connectivity index (χ0n) is 10.7. The first kappa shape index (κ1) is 14.6. The van der Waals surface area contributed by atoms with Crippen LogP contribution in [-0.4, -0.2) is 26.3 Å². The Morgan fingerprint density at radius 2 is 1.95 bits per heavy atom. The SMILES string of the molecule is Cc1nsc(NC(=O)c2ccc([N+](=O)[O-])cc2)c1C(=O)O. The number of nitro groups is 1. The highest BCUT2D eigenvalue weighted by Crippen LogP contribution is 2.25. The lowest BCUT2D eigenvalue weighted by atomic mass is 10.2. The Hall–Kier alpha value is -2.81. The Morgan fingerprint density at radius 3 is 2.48 bits per heavy atom. The third-order valence-electron chi connectivity index (χ3n) is 2.64. The number of rotatable bonds is 4. The van der Waals surface area contributed by atoms with Crippen molar-refractivity contribution in [1.29, 1.82) is 0 Å². The minimum Gasteiger partial charge on any atom is -0.478 e. The molecule has 108 valence electrons. The van der Waals surface area contributed by atoms with Gasteiger partial charge in [-0.15, -0.1) is 0 Å². The summed E-state index contributed by atoms with van der Waals surface area (Å²) in [5.74, 6) is -1.74. The van der Waals surface area contributed by atoms with Gasteiger partial charge in [0.2, 0.25) is 0 Å². The number of aryl methyl sites for hydroxylation is 1. The normalized spacial score (nSPS) is 10.1. The first-order valence-electron chi connectivity index (χ1n) is 5.65. The predicted octanol–water partition coefficient (Wildman–Crippen LogP) is 2.31. The van der Waals surface area contributed by atoms with Crippen molar-refractivity contribution in [3.05, 3.63) is 51.2 Å². The Labute approximate surface area is 122 Å². The number of aromatic nitrogens is 1. The van der Waals surface area contributed by atoms with Gasteiger partial charge in [-0.25, -0.2) is 4.79 Å². The van der Waals surface area contributed by atoms with Gasteiger partial charge in [-0.1, -0.05) is 0 Å². The molecule has 9 heteroatoms. The zero-order chi connectivity index (χ0) is 15.6. The summed E-state index contributed by atoms with van der Waals surface area (Å²) in [6.45, 7) is 1.53. The second-order valence-corrected chi connectivity index (χ2v) is 4.81. The van der Waals surface area contributed by atoms with Crippen molar-refractivity contribution < 1.29 is 19.6 Å². The van der Waals surface area contributed by atoms with Crippen LogP contribution in [0.2, 0.25) is 0 Å². The van der Waals surface area contributed by atoms with Gasteiger partial charge in [0.1, 0.15) is 10.6 Å². The van der Waals surface area contributed by atoms with Crippen LogP contribution in [0.4, 0.5) is 10.7 Å². The van der Waals surface area contributed by atoms with Crippen molar-refractivity contribution >= 4 is 34.1 Å². The number of non-ortho nitro benzene ring substituents is 1. The maximum atomic E-state index is 12.0. The van der Waals surface area contributed by atoms with E-state index in [1.807, 2.05) is 0 Å². The number of anilines is 1. The summed E-state index contributed by atoms with van der Waals surface area (Å²) in [5.41, 5.74) is 0.302. The summed E-state index contributed by atoms with van der Waals surface area (Å²) >= 11 is 0.865. The topological polar surface area (TPSA) is 122 Å². The number of nitrogens with zero attached hydrogens (tertiary/aromatic N) is 2. The summed E-state index contributed by atoms with van der Waals surface area (Å²) in [6, 6.07) is 4.99. The standard InChI is InChI=1S/C12H9N3O5S/c1-6-9(12(17)18)11(21-14-6)13-10(16)7-2-4-8(5-3-7)15(19)20/h2-5H,1H3,(H,13,16)(H,17,18). The van der Waals surface area contributed by atoms with Crippen LogP contribution in [0.3, 0.4) is 0 Å². The van der Waals surface area contributed by atoms with Crippen molar-refractivity contribution in [2.24, 2.45) is 0 Å². The van der Waals surface area contributed by atoms with Gasteiger partial charge in [0.25, 0.3) is 11.6 Å². The van der Waals surface area contributed by atoms with Gasteiger partial charge >= 0.3 is 5.97 Å². The summed E-state index contributed by atoms with van der Waals surface area (Å²) in [4.78, 5) is 33.0. The van der Waals surface area contributed by atoms with Crippen molar-refractivity contribution in [3.8, 4) is 0 Å². The number of hydrogen-bond acceptors (Lipinski definition) is 6. The van der Waals surface area contributed by atoms with Gasteiger partial charge in [0.15, 0.2) is 0 Å². The van der Waals surface area contributed by atoms with Crippen molar-refractivity contribution in [3.63, 3.8) is 0 Å². The van der Waals surface area contributed by atoms with Crippen LogP contribution in [0.5, 0.6) is 0 Å². The lowest BCUT2D eigenvalue weighted by Crippen LogP contribution is -2.13.